The van der Waals surface area contributed by atoms with Gasteiger partial charge in [0.25, 0.3) is 0 Å². The number of aromatic nitrogens is 2. The fraction of sp³-hybridized carbons (Fsp3) is 0.688. The molecule has 1 aliphatic heterocycles. The Balaban J connectivity index is 1.79. The van der Waals surface area contributed by atoms with Gasteiger partial charge in [0.2, 0.25) is 5.91 Å². The minimum absolute atomic E-state index is 0.0103. The van der Waals surface area contributed by atoms with Crippen molar-refractivity contribution in [2.45, 2.75) is 40.2 Å². The molecule has 2 heterocycles. The lowest BCUT2D eigenvalue weighted by Gasteiger charge is -2.30. The Morgan fingerprint density at radius 2 is 2.22 bits per heavy atom. The fourth-order valence-electron chi connectivity index (χ4n) is 3.03. The summed E-state index contributed by atoms with van der Waals surface area (Å²) in [7, 11) is 0. The number of piperidine rings is 1. The Hall–Kier alpha value is -2.05. The lowest BCUT2D eigenvalue weighted by atomic mass is 9.97. The fourth-order valence-corrected chi connectivity index (χ4v) is 3.03. The molecule has 0 saturated carbocycles. The minimum atomic E-state index is -0.444. The molecule has 7 nitrogen and oxygen atoms in total. The molecule has 1 aromatic rings. The molecule has 1 aromatic heterocycles. The maximum Gasteiger partial charge on any atom is 0.314 e. The van der Waals surface area contributed by atoms with Crippen LogP contribution in [-0.4, -0.2) is 46.3 Å². The normalized spacial score (nSPS) is 19.4. The summed E-state index contributed by atoms with van der Waals surface area (Å²) in [6.07, 6.45) is 1.63. The molecule has 23 heavy (non-hydrogen) atoms. The Morgan fingerprint density at radius 3 is 2.83 bits per heavy atom. The van der Waals surface area contributed by atoms with Crippen LogP contribution in [0.2, 0.25) is 0 Å². The van der Waals surface area contributed by atoms with Gasteiger partial charge in [-0.2, -0.15) is 5.10 Å². The quantitative estimate of drug-likeness (QED) is 0.848. The summed E-state index contributed by atoms with van der Waals surface area (Å²) < 4.78 is 1.97. The number of amides is 3. The molecule has 0 radical (unpaired) electrons. The average Bonchev–Trinajstić information content (AvgIpc) is 2.82. The van der Waals surface area contributed by atoms with Crippen LogP contribution in [0, 0.1) is 25.7 Å². The number of nitrogens with two attached hydrogens (primary N) is 1. The van der Waals surface area contributed by atoms with Crippen molar-refractivity contribution in [1.29, 1.82) is 0 Å². The zero-order valence-corrected chi connectivity index (χ0v) is 14.2. The Morgan fingerprint density at radius 1 is 1.48 bits per heavy atom. The average molecular weight is 321 g/mol. The van der Waals surface area contributed by atoms with Gasteiger partial charge in [-0.15, -0.1) is 0 Å². The third-order valence-electron chi connectivity index (χ3n) is 4.32. The van der Waals surface area contributed by atoms with Crippen LogP contribution in [0.15, 0.2) is 6.07 Å². The molecule has 1 aliphatic rings. The lowest BCUT2D eigenvalue weighted by Crippen LogP contribution is -2.47. The molecule has 0 aliphatic carbocycles. The zero-order valence-electron chi connectivity index (χ0n) is 14.2. The number of nitrogens with zero attached hydrogens (tertiary/aromatic N) is 3. The van der Waals surface area contributed by atoms with Crippen molar-refractivity contribution in [3.63, 3.8) is 0 Å². The van der Waals surface area contributed by atoms with Gasteiger partial charge in [-0.3, -0.25) is 9.48 Å². The van der Waals surface area contributed by atoms with E-state index in [1.54, 1.807) is 4.90 Å². The van der Waals surface area contributed by atoms with Crippen molar-refractivity contribution in [3.05, 3.63) is 17.5 Å². The molecular weight excluding hydrogens is 294 g/mol. The van der Waals surface area contributed by atoms with Crippen molar-refractivity contribution in [1.82, 2.24) is 20.0 Å². The second kappa shape index (κ2) is 7.48. The Labute approximate surface area is 137 Å². The van der Waals surface area contributed by atoms with Crippen molar-refractivity contribution in [2.24, 2.45) is 17.6 Å². The van der Waals surface area contributed by atoms with E-state index in [1.807, 2.05) is 24.6 Å². The first kappa shape index (κ1) is 17.3. The molecule has 0 aromatic carbocycles. The number of likely N-dealkylation sites (tertiary alicyclic amines) is 1. The first-order valence-electron chi connectivity index (χ1n) is 8.20. The third-order valence-corrected chi connectivity index (χ3v) is 4.32. The first-order chi connectivity index (χ1) is 10.9. The number of urea groups is 1. The summed E-state index contributed by atoms with van der Waals surface area (Å²) in [5, 5.41) is 7.44. The molecule has 2 atom stereocenters. The topological polar surface area (TPSA) is 93.3 Å². The predicted molar refractivity (Wildman–Crippen MR) is 87.8 cm³/mol. The molecule has 3 N–H and O–H groups in total. The first-order valence-corrected chi connectivity index (χ1v) is 8.20. The van der Waals surface area contributed by atoms with E-state index < -0.39 is 6.03 Å². The van der Waals surface area contributed by atoms with Crippen LogP contribution in [0.4, 0.5) is 4.79 Å². The minimum Gasteiger partial charge on any atom is -0.355 e. The van der Waals surface area contributed by atoms with Crippen molar-refractivity contribution < 1.29 is 9.59 Å². The van der Waals surface area contributed by atoms with Gasteiger partial charge in [0.1, 0.15) is 0 Å². The number of nitrogens with one attached hydrogen (secondary N) is 1. The Bertz CT molecular complexity index is 569. The molecular formula is C16H27N5O2. The van der Waals surface area contributed by atoms with Crippen LogP contribution >= 0.6 is 0 Å². The van der Waals surface area contributed by atoms with Gasteiger partial charge in [-0.1, -0.05) is 6.92 Å². The van der Waals surface area contributed by atoms with Crippen LogP contribution in [0.25, 0.3) is 0 Å². The number of carbonyl (C=O) groups excluding carboxylic acids is 2. The van der Waals surface area contributed by atoms with Crippen LogP contribution in [0.1, 0.15) is 31.2 Å². The number of rotatable bonds is 5. The highest BCUT2D eigenvalue weighted by molar-refractivity contribution is 5.80. The van der Waals surface area contributed by atoms with Gasteiger partial charge in [0, 0.05) is 31.9 Å². The van der Waals surface area contributed by atoms with Crippen molar-refractivity contribution in [2.75, 3.05) is 19.6 Å². The van der Waals surface area contributed by atoms with E-state index in [-0.39, 0.29) is 17.7 Å². The molecule has 3 amide bonds. The second-order valence-electron chi connectivity index (χ2n) is 6.58. The Kier molecular flexibility index (Phi) is 5.63. The molecule has 128 valence electrons. The van der Waals surface area contributed by atoms with E-state index >= 15 is 0 Å². The molecule has 2 rings (SSSR count). The molecule has 7 heteroatoms. The summed E-state index contributed by atoms with van der Waals surface area (Å²) in [5.74, 6) is 0.140. The van der Waals surface area contributed by atoms with Gasteiger partial charge in [0.15, 0.2) is 0 Å². The highest BCUT2D eigenvalue weighted by atomic mass is 16.2. The predicted octanol–water partition coefficient (Wildman–Crippen LogP) is 1.04. The maximum absolute atomic E-state index is 12.3. The lowest BCUT2D eigenvalue weighted by molar-refractivity contribution is -0.126. The molecule has 1 saturated heterocycles. The number of aryl methyl sites for hydroxylation is 2. The van der Waals surface area contributed by atoms with E-state index in [1.165, 1.54) is 0 Å². The van der Waals surface area contributed by atoms with E-state index in [4.69, 9.17) is 5.73 Å². The zero-order chi connectivity index (χ0) is 17.0. The van der Waals surface area contributed by atoms with Crippen molar-refractivity contribution in [3.8, 4) is 0 Å². The smallest absolute Gasteiger partial charge is 0.314 e. The SMILES string of the molecule is Cc1cc(C)n(C[C@@H](C)CNC(=O)[C@@H]2CCCN(C(N)=O)C2)n1. The van der Waals surface area contributed by atoms with Crippen molar-refractivity contribution >= 4 is 11.9 Å². The summed E-state index contributed by atoms with van der Waals surface area (Å²) in [6.45, 7) is 8.55. The van der Waals surface area contributed by atoms with Gasteiger partial charge >= 0.3 is 6.03 Å². The largest absolute Gasteiger partial charge is 0.355 e. The highest BCUT2D eigenvalue weighted by Gasteiger charge is 2.27. The standard InChI is InChI=1S/C16H27N5O2/c1-11(9-21-13(3)7-12(2)19-21)8-18-15(22)14-5-4-6-20(10-14)16(17)23/h7,11,14H,4-6,8-10H2,1-3H3,(H2,17,23)(H,18,22)/t11-,14+/m0/s1. The molecule has 0 unspecified atom stereocenters. The monoisotopic (exact) mass is 321 g/mol. The number of primary amides is 1. The van der Waals surface area contributed by atoms with Crippen LogP contribution in [-0.2, 0) is 11.3 Å². The van der Waals surface area contributed by atoms with Crippen LogP contribution < -0.4 is 11.1 Å². The van der Waals surface area contributed by atoms with Gasteiger partial charge in [-0.25, -0.2) is 4.79 Å². The van der Waals surface area contributed by atoms with Crippen LogP contribution in [0.3, 0.4) is 0 Å². The van der Waals surface area contributed by atoms with E-state index in [9.17, 15) is 9.59 Å². The van der Waals surface area contributed by atoms with E-state index in [0.29, 0.717) is 19.6 Å². The number of hydrogen-bond acceptors (Lipinski definition) is 3. The maximum atomic E-state index is 12.3. The van der Waals surface area contributed by atoms with E-state index in [2.05, 4.69) is 17.3 Å². The highest BCUT2D eigenvalue weighted by Crippen LogP contribution is 2.16. The number of carbonyl (C=O) groups is 2. The summed E-state index contributed by atoms with van der Waals surface area (Å²) in [5.41, 5.74) is 7.44. The van der Waals surface area contributed by atoms with Gasteiger partial charge in [-0.05, 0) is 38.7 Å². The second-order valence-corrected chi connectivity index (χ2v) is 6.58. The van der Waals surface area contributed by atoms with Gasteiger partial charge < -0.3 is 16.0 Å². The summed E-state index contributed by atoms with van der Waals surface area (Å²) in [6, 6.07) is 1.60. The summed E-state index contributed by atoms with van der Waals surface area (Å²) >= 11 is 0. The third kappa shape index (κ3) is 4.71. The van der Waals surface area contributed by atoms with Crippen LogP contribution in [0.5, 0.6) is 0 Å². The number of hydrogen-bond donors (Lipinski definition) is 2. The summed E-state index contributed by atoms with van der Waals surface area (Å²) in [4.78, 5) is 25.1. The van der Waals surface area contributed by atoms with E-state index in [0.717, 1.165) is 30.8 Å². The molecule has 0 spiro atoms. The van der Waals surface area contributed by atoms with Gasteiger partial charge in [0.05, 0.1) is 11.6 Å². The molecule has 0 bridgehead atoms. The molecule has 1 fully saturated rings.